The molecule has 11 heteroatoms. The number of hydrogen-bond acceptors (Lipinski definition) is 5. The fourth-order valence-electron chi connectivity index (χ4n) is 2.27. The molecule has 1 unspecified atom stereocenters. The van der Waals surface area contributed by atoms with E-state index in [9.17, 15) is 26.4 Å². The molecule has 0 bridgehead atoms. The molecule has 0 radical (unpaired) electrons. The van der Waals surface area contributed by atoms with Gasteiger partial charge in [-0.15, -0.1) is 0 Å². The topological polar surface area (TPSA) is 96.8 Å². The van der Waals surface area contributed by atoms with Crippen LogP contribution in [-0.2, 0) is 14.8 Å². The van der Waals surface area contributed by atoms with E-state index in [1.54, 1.807) is 0 Å². The number of carbonyl (C=O) groups is 1. The SMILES string of the molecule is O=C(O)C1CCCN(S(=O)(=O)c2ccc(OCC(F)(F)F)nc2)C1. The highest BCUT2D eigenvalue weighted by Crippen LogP contribution is 2.24. The van der Waals surface area contributed by atoms with E-state index < -0.39 is 34.7 Å². The third-order valence-corrected chi connectivity index (χ3v) is 5.31. The molecular weight excluding hydrogens is 353 g/mol. The number of rotatable bonds is 5. The van der Waals surface area contributed by atoms with Gasteiger partial charge in [0.05, 0.1) is 12.1 Å². The molecule has 2 rings (SSSR count). The van der Waals surface area contributed by atoms with Crippen LogP contribution in [0.3, 0.4) is 0 Å². The highest BCUT2D eigenvalue weighted by Gasteiger charge is 2.33. The molecule has 1 N–H and O–H groups in total. The molecule has 1 saturated heterocycles. The van der Waals surface area contributed by atoms with Gasteiger partial charge in [0.25, 0.3) is 0 Å². The first kappa shape index (κ1) is 18.5. The summed E-state index contributed by atoms with van der Waals surface area (Å²) in [7, 11) is -3.96. The van der Waals surface area contributed by atoms with Gasteiger partial charge in [-0.2, -0.15) is 17.5 Å². The summed E-state index contributed by atoms with van der Waals surface area (Å²) >= 11 is 0. The predicted octanol–water partition coefficient (Wildman–Crippen LogP) is 1.51. The minimum atomic E-state index is -4.52. The van der Waals surface area contributed by atoms with Gasteiger partial charge in [-0.05, 0) is 18.9 Å². The molecule has 1 fully saturated rings. The van der Waals surface area contributed by atoms with E-state index in [1.807, 2.05) is 0 Å². The first-order chi connectivity index (χ1) is 11.1. The predicted molar refractivity (Wildman–Crippen MR) is 74.9 cm³/mol. The van der Waals surface area contributed by atoms with Gasteiger partial charge in [0, 0.05) is 19.2 Å². The van der Waals surface area contributed by atoms with Gasteiger partial charge in [-0.25, -0.2) is 13.4 Å². The Balaban J connectivity index is 2.10. The number of halogens is 3. The maximum atomic E-state index is 12.5. The van der Waals surface area contributed by atoms with Crippen molar-refractivity contribution in [1.82, 2.24) is 9.29 Å². The zero-order valence-electron chi connectivity index (χ0n) is 12.4. The zero-order chi connectivity index (χ0) is 18.0. The van der Waals surface area contributed by atoms with Crippen molar-refractivity contribution in [2.45, 2.75) is 23.9 Å². The summed E-state index contributed by atoms with van der Waals surface area (Å²) in [5, 5.41) is 9.01. The molecule has 2 heterocycles. The van der Waals surface area contributed by atoms with E-state index in [2.05, 4.69) is 9.72 Å². The second kappa shape index (κ2) is 6.93. The summed E-state index contributed by atoms with van der Waals surface area (Å²) in [4.78, 5) is 14.3. The van der Waals surface area contributed by atoms with Gasteiger partial charge < -0.3 is 9.84 Å². The average molecular weight is 368 g/mol. The van der Waals surface area contributed by atoms with Gasteiger partial charge >= 0.3 is 12.1 Å². The standard InChI is InChI=1S/C13H15F3N2O5S/c14-13(15,16)8-23-11-4-3-10(6-17-11)24(21,22)18-5-1-2-9(7-18)12(19)20/h3-4,6,9H,1-2,5,7-8H2,(H,19,20). The Morgan fingerprint density at radius 2 is 2.12 bits per heavy atom. The average Bonchev–Trinajstić information content (AvgIpc) is 2.53. The first-order valence-electron chi connectivity index (χ1n) is 6.98. The highest BCUT2D eigenvalue weighted by atomic mass is 32.2. The Morgan fingerprint density at radius 3 is 2.67 bits per heavy atom. The van der Waals surface area contributed by atoms with Crippen LogP contribution in [0, 0.1) is 5.92 Å². The molecule has 0 aliphatic carbocycles. The fraction of sp³-hybridized carbons (Fsp3) is 0.538. The van der Waals surface area contributed by atoms with Crippen molar-refractivity contribution in [3.63, 3.8) is 0 Å². The molecule has 134 valence electrons. The fourth-order valence-corrected chi connectivity index (χ4v) is 3.74. The Hall–Kier alpha value is -1.88. The van der Waals surface area contributed by atoms with Crippen LogP contribution in [-0.4, -0.2) is 54.7 Å². The van der Waals surface area contributed by atoms with Gasteiger partial charge in [-0.1, -0.05) is 0 Å². The van der Waals surface area contributed by atoms with Crippen LogP contribution in [0.15, 0.2) is 23.2 Å². The summed E-state index contributed by atoms with van der Waals surface area (Å²) in [5.41, 5.74) is 0. The van der Waals surface area contributed by atoms with E-state index in [0.29, 0.717) is 12.8 Å². The number of carboxylic acid groups (broad SMARTS) is 1. The molecule has 0 saturated carbocycles. The lowest BCUT2D eigenvalue weighted by molar-refractivity contribution is -0.154. The maximum Gasteiger partial charge on any atom is 0.422 e. The first-order valence-corrected chi connectivity index (χ1v) is 8.42. The number of nitrogens with zero attached hydrogens (tertiary/aromatic N) is 2. The van der Waals surface area contributed by atoms with Crippen molar-refractivity contribution in [2.24, 2.45) is 5.92 Å². The Morgan fingerprint density at radius 1 is 1.42 bits per heavy atom. The van der Waals surface area contributed by atoms with Crippen molar-refractivity contribution < 1.29 is 36.2 Å². The normalized spacial score (nSPS) is 19.9. The van der Waals surface area contributed by atoms with Crippen molar-refractivity contribution in [3.8, 4) is 5.88 Å². The van der Waals surface area contributed by atoms with E-state index in [-0.39, 0.29) is 23.9 Å². The smallest absolute Gasteiger partial charge is 0.422 e. The zero-order valence-corrected chi connectivity index (χ0v) is 13.2. The summed E-state index contributed by atoms with van der Waals surface area (Å²) < 4.78 is 66.5. The minimum absolute atomic E-state index is 0.149. The van der Waals surface area contributed by atoms with Crippen molar-refractivity contribution in [1.29, 1.82) is 0 Å². The molecule has 24 heavy (non-hydrogen) atoms. The van der Waals surface area contributed by atoms with Crippen molar-refractivity contribution in [3.05, 3.63) is 18.3 Å². The number of piperidine rings is 1. The molecule has 7 nitrogen and oxygen atoms in total. The largest absolute Gasteiger partial charge is 0.481 e. The lowest BCUT2D eigenvalue weighted by atomic mass is 10.0. The number of carboxylic acids is 1. The second-order valence-corrected chi connectivity index (χ2v) is 7.21. The number of aromatic nitrogens is 1. The lowest BCUT2D eigenvalue weighted by Crippen LogP contribution is -2.42. The van der Waals surface area contributed by atoms with Crippen LogP contribution in [0.25, 0.3) is 0 Å². The third kappa shape index (κ3) is 4.57. The van der Waals surface area contributed by atoms with E-state index in [1.165, 1.54) is 0 Å². The molecule has 1 aliphatic rings. The van der Waals surface area contributed by atoms with Gasteiger partial charge in [0.1, 0.15) is 4.90 Å². The Kier molecular flexibility index (Phi) is 5.33. The van der Waals surface area contributed by atoms with Crippen LogP contribution in [0.2, 0.25) is 0 Å². The Bertz CT molecular complexity index is 691. The Labute approximate surface area is 136 Å². The second-order valence-electron chi connectivity index (χ2n) is 5.28. The number of ether oxygens (including phenoxy) is 1. The van der Waals surface area contributed by atoms with Crippen LogP contribution in [0.1, 0.15) is 12.8 Å². The van der Waals surface area contributed by atoms with Gasteiger partial charge in [0.15, 0.2) is 6.61 Å². The molecule has 0 amide bonds. The molecule has 1 aliphatic heterocycles. The number of aliphatic carboxylic acids is 1. The number of sulfonamides is 1. The number of alkyl halides is 3. The van der Waals surface area contributed by atoms with Gasteiger partial charge in [0.2, 0.25) is 15.9 Å². The summed E-state index contributed by atoms with van der Waals surface area (Å²) in [6.07, 6.45) is -2.82. The van der Waals surface area contributed by atoms with Crippen LogP contribution < -0.4 is 4.74 Å². The molecular formula is C13H15F3N2O5S. The molecule has 1 atom stereocenters. The van der Waals surface area contributed by atoms with Crippen molar-refractivity contribution in [2.75, 3.05) is 19.7 Å². The monoisotopic (exact) mass is 368 g/mol. The lowest BCUT2D eigenvalue weighted by Gasteiger charge is -2.29. The van der Waals surface area contributed by atoms with Crippen LogP contribution >= 0.6 is 0 Å². The molecule has 0 aromatic carbocycles. The summed E-state index contributed by atoms with van der Waals surface area (Å²) in [6.45, 7) is -1.50. The summed E-state index contributed by atoms with van der Waals surface area (Å²) in [5.74, 6) is -2.20. The molecule has 1 aromatic heterocycles. The number of hydrogen-bond donors (Lipinski definition) is 1. The van der Waals surface area contributed by atoms with E-state index in [0.717, 1.165) is 22.6 Å². The van der Waals surface area contributed by atoms with Crippen LogP contribution in [0.4, 0.5) is 13.2 Å². The molecule has 1 aromatic rings. The van der Waals surface area contributed by atoms with Crippen LogP contribution in [0.5, 0.6) is 5.88 Å². The third-order valence-electron chi connectivity index (χ3n) is 3.46. The van der Waals surface area contributed by atoms with E-state index >= 15 is 0 Å². The van der Waals surface area contributed by atoms with Gasteiger partial charge in [-0.3, -0.25) is 4.79 Å². The molecule has 0 spiro atoms. The minimum Gasteiger partial charge on any atom is -0.481 e. The quantitative estimate of drug-likeness (QED) is 0.846. The maximum absolute atomic E-state index is 12.5. The number of pyridine rings is 1. The summed E-state index contributed by atoms with van der Waals surface area (Å²) in [6, 6.07) is 2.11. The van der Waals surface area contributed by atoms with Crippen molar-refractivity contribution >= 4 is 16.0 Å². The highest BCUT2D eigenvalue weighted by molar-refractivity contribution is 7.89. The van der Waals surface area contributed by atoms with E-state index in [4.69, 9.17) is 5.11 Å².